The molecule has 0 aliphatic rings. The molecule has 2 aromatic rings. The summed E-state index contributed by atoms with van der Waals surface area (Å²) in [5.41, 5.74) is 11.1. The normalized spacial score (nSPS) is 10.2. The van der Waals surface area contributed by atoms with Crippen LogP contribution in [0.2, 0.25) is 0 Å². The third kappa shape index (κ3) is 5.04. The minimum Gasteiger partial charge on any atom is -0.465 e. The van der Waals surface area contributed by atoms with Crippen molar-refractivity contribution < 1.29 is 23.9 Å². The van der Waals surface area contributed by atoms with Gasteiger partial charge in [0, 0.05) is 5.69 Å². The molecule has 0 saturated carbocycles. The fourth-order valence-electron chi connectivity index (χ4n) is 2.22. The third-order valence-electron chi connectivity index (χ3n) is 3.51. The number of carbonyl (C=O) groups is 4. The Balaban J connectivity index is 2.23. The lowest BCUT2D eigenvalue weighted by Crippen LogP contribution is -2.42. The number of hydrogen-bond acceptors (Lipinski definition) is 8. The Bertz CT molecular complexity index is 883. The van der Waals surface area contributed by atoms with Crippen molar-refractivity contribution in [2.24, 2.45) is 5.73 Å². The van der Waals surface area contributed by atoms with Crippen molar-refractivity contribution in [1.82, 2.24) is 9.69 Å². The zero-order valence-electron chi connectivity index (χ0n) is 15.0. The highest BCUT2D eigenvalue weighted by Gasteiger charge is 2.27. The first-order chi connectivity index (χ1) is 13.3. The summed E-state index contributed by atoms with van der Waals surface area (Å²) in [4.78, 5) is 49.1. The zero-order valence-corrected chi connectivity index (χ0v) is 15.8. The molecule has 0 bridgehead atoms. The summed E-state index contributed by atoms with van der Waals surface area (Å²) in [6, 6.07) is 8.39. The van der Waals surface area contributed by atoms with Crippen LogP contribution in [0.3, 0.4) is 0 Å². The van der Waals surface area contributed by atoms with Gasteiger partial charge in [0.05, 0.1) is 12.3 Å². The van der Waals surface area contributed by atoms with Gasteiger partial charge in [0.15, 0.2) is 5.69 Å². The molecule has 0 aliphatic carbocycles. The third-order valence-corrected chi connectivity index (χ3v) is 4.36. The first-order valence-electron chi connectivity index (χ1n) is 8.19. The van der Waals surface area contributed by atoms with Crippen LogP contribution in [-0.4, -0.2) is 47.8 Å². The number of primary amides is 1. The SMILES string of the molecule is CCOC(=O)CNC(=O)CN(C(=O)c1snc(C(N)=O)c1N)c1ccccc1. The van der Waals surface area contributed by atoms with Crippen molar-refractivity contribution in [3.8, 4) is 0 Å². The molecule has 5 N–H and O–H groups in total. The Morgan fingerprint density at radius 2 is 1.89 bits per heavy atom. The summed E-state index contributed by atoms with van der Waals surface area (Å²) < 4.78 is 8.54. The molecule has 0 aliphatic heterocycles. The van der Waals surface area contributed by atoms with Gasteiger partial charge < -0.3 is 21.5 Å². The molecule has 148 valence electrons. The number of aromatic nitrogens is 1. The number of nitrogens with one attached hydrogen (secondary N) is 1. The maximum atomic E-state index is 13.0. The highest BCUT2D eigenvalue weighted by atomic mass is 32.1. The van der Waals surface area contributed by atoms with E-state index in [4.69, 9.17) is 16.2 Å². The molecule has 1 aromatic carbocycles. The predicted molar refractivity (Wildman–Crippen MR) is 103 cm³/mol. The molecule has 0 spiro atoms. The number of nitrogen functional groups attached to an aromatic ring is 1. The van der Waals surface area contributed by atoms with Gasteiger partial charge in [-0.2, -0.15) is 4.37 Å². The zero-order chi connectivity index (χ0) is 20.7. The lowest BCUT2D eigenvalue weighted by molar-refractivity contribution is -0.143. The van der Waals surface area contributed by atoms with Gasteiger partial charge in [-0.3, -0.25) is 24.1 Å². The lowest BCUT2D eigenvalue weighted by Gasteiger charge is -2.21. The smallest absolute Gasteiger partial charge is 0.325 e. The number of esters is 1. The van der Waals surface area contributed by atoms with Crippen molar-refractivity contribution in [3.63, 3.8) is 0 Å². The molecule has 11 heteroatoms. The van der Waals surface area contributed by atoms with Crippen molar-refractivity contribution in [3.05, 3.63) is 40.9 Å². The highest BCUT2D eigenvalue weighted by molar-refractivity contribution is 7.09. The summed E-state index contributed by atoms with van der Waals surface area (Å²) >= 11 is 0.715. The van der Waals surface area contributed by atoms with E-state index in [0.717, 1.165) is 4.90 Å². The van der Waals surface area contributed by atoms with Crippen LogP contribution in [0.4, 0.5) is 11.4 Å². The maximum Gasteiger partial charge on any atom is 0.325 e. The molecule has 0 unspecified atom stereocenters. The van der Waals surface area contributed by atoms with Gasteiger partial charge in [0.1, 0.15) is 18.0 Å². The molecule has 2 rings (SSSR count). The van der Waals surface area contributed by atoms with E-state index >= 15 is 0 Å². The van der Waals surface area contributed by atoms with E-state index in [0.29, 0.717) is 17.2 Å². The first kappa shape index (κ1) is 20.8. The van der Waals surface area contributed by atoms with E-state index in [1.807, 2.05) is 0 Å². The number of nitrogens with zero attached hydrogens (tertiary/aromatic N) is 2. The largest absolute Gasteiger partial charge is 0.465 e. The predicted octanol–water partition coefficient (Wildman–Crippen LogP) is 0.150. The van der Waals surface area contributed by atoms with Crippen molar-refractivity contribution >= 4 is 46.6 Å². The van der Waals surface area contributed by atoms with Crippen LogP contribution < -0.4 is 21.7 Å². The number of amides is 3. The van der Waals surface area contributed by atoms with Crippen LogP contribution in [0.25, 0.3) is 0 Å². The second-order valence-electron chi connectivity index (χ2n) is 5.45. The molecule has 3 amide bonds. The number of anilines is 2. The van der Waals surface area contributed by atoms with Gasteiger partial charge in [-0.05, 0) is 30.6 Å². The standard InChI is InChI=1S/C17H19N5O5S/c1-2-27-12(24)8-20-11(23)9-22(10-6-4-3-5-7-10)17(26)15-13(18)14(16(19)25)21-28-15/h3-7H,2,8-9,18H2,1H3,(H2,19,25)(H,20,23). The number of benzene rings is 1. The molecular formula is C17H19N5O5S. The summed E-state index contributed by atoms with van der Waals surface area (Å²) in [5.74, 6) is -2.65. The van der Waals surface area contributed by atoms with Crippen LogP contribution in [0.15, 0.2) is 30.3 Å². The van der Waals surface area contributed by atoms with Gasteiger partial charge in [-0.15, -0.1) is 0 Å². The molecule has 0 radical (unpaired) electrons. The highest BCUT2D eigenvalue weighted by Crippen LogP contribution is 2.25. The number of ether oxygens (including phenoxy) is 1. The molecular weight excluding hydrogens is 386 g/mol. The Kier molecular flexibility index (Phi) is 7.04. The monoisotopic (exact) mass is 405 g/mol. The van der Waals surface area contributed by atoms with E-state index in [9.17, 15) is 19.2 Å². The van der Waals surface area contributed by atoms with Crippen LogP contribution in [0.5, 0.6) is 0 Å². The van der Waals surface area contributed by atoms with Crippen molar-refractivity contribution in [2.45, 2.75) is 6.92 Å². The molecule has 28 heavy (non-hydrogen) atoms. The number of rotatable bonds is 8. The van der Waals surface area contributed by atoms with E-state index in [2.05, 4.69) is 9.69 Å². The summed E-state index contributed by atoms with van der Waals surface area (Å²) in [6.07, 6.45) is 0. The van der Waals surface area contributed by atoms with Gasteiger partial charge >= 0.3 is 5.97 Å². The Hall–Kier alpha value is -3.47. The van der Waals surface area contributed by atoms with Crippen molar-refractivity contribution in [1.29, 1.82) is 0 Å². The number of nitrogens with two attached hydrogens (primary N) is 2. The minimum absolute atomic E-state index is 0.0177. The summed E-state index contributed by atoms with van der Waals surface area (Å²) in [6.45, 7) is 1.13. The van der Waals surface area contributed by atoms with Crippen LogP contribution in [0, 0.1) is 0 Å². The van der Waals surface area contributed by atoms with Crippen molar-refractivity contribution in [2.75, 3.05) is 30.3 Å². The lowest BCUT2D eigenvalue weighted by atomic mass is 10.2. The van der Waals surface area contributed by atoms with Gasteiger partial charge in [0.25, 0.3) is 11.8 Å². The summed E-state index contributed by atoms with van der Waals surface area (Å²) in [7, 11) is 0. The van der Waals surface area contributed by atoms with E-state index in [-0.39, 0.29) is 36.0 Å². The Labute approximate surface area is 164 Å². The van der Waals surface area contributed by atoms with Crippen LogP contribution in [0.1, 0.15) is 27.1 Å². The average molecular weight is 405 g/mol. The first-order valence-corrected chi connectivity index (χ1v) is 8.96. The fraction of sp³-hybridized carbons (Fsp3) is 0.235. The van der Waals surface area contributed by atoms with E-state index in [1.54, 1.807) is 37.3 Å². The molecule has 10 nitrogen and oxygen atoms in total. The fourth-order valence-corrected chi connectivity index (χ4v) is 2.98. The van der Waals surface area contributed by atoms with Gasteiger partial charge in [0.2, 0.25) is 5.91 Å². The quantitative estimate of drug-likeness (QED) is 0.527. The van der Waals surface area contributed by atoms with E-state index in [1.165, 1.54) is 0 Å². The molecule has 1 aromatic heterocycles. The van der Waals surface area contributed by atoms with Gasteiger partial charge in [-0.25, -0.2) is 0 Å². The topological polar surface area (TPSA) is 158 Å². The molecule has 0 saturated heterocycles. The molecule has 1 heterocycles. The Morgan fingerprint density at radius 1 is 1.21 bits per heavy atom. The number of hydrogen-bond donors (Lipinski definition) is 3. The number of para-hydroxylation sites is 1. The van der Waals surface area contributed by atoms with Gasteiger partial charge in [-0.1, -0.05) is 18.2 Å². The Morgan fingerprint density at radius 3 is 2.46 bits per heavy atom. The summed E-state index contributed by atoms with van der Waals surface area (Å²) in [5, 5.41) is 2.39. The molecule has 0 atom stereocenters. The second kappa shape index (κ2) is 9.46. The maximum absolute atomic E-state index is 13.0. The minimum atomic E-state index is -0.855. The second-order valence-corrected chi connectivity index (χ2v) is 6.22. The average Bonchev–Trinajstić information content (AvgIpc) is 3.06. The van der Waals surface area contributed by atoms with E-state index < -0.39 is 23.7 Å². The number of carbonyl (C=O) groups excluding carboxylic acids is 4. The van der Waals surface area contributed by atoms with Crippen LogP contribution >= 0.6 is 11.5 Å². The molecule has 0 fully saturated rings. The van der Waals surface area contributed by atoms with Crippen LogP contribution in [-0.2, 0) is 14.3 Å².